The largest absolute Gasteiger partial charge is 0.355 e. The first-order valence-corrected chi connectivity index (χ1v) is 6.41. The molecule has 0 aliphatic rings. The maximum atomic E-state index is 11.1. The molecule has 0 atom stereocenters. The fraction of sp³-hybridized carbons (Fsp3) is 0.875. The van der Waals surface area contributed by atoms with Crippen molar-refractivity contribution < 1.29 is 13.2 Å². The van der Waals surface area contributed by atoms with Gasteiger partial charge in [-0.05, 0) is 12.8 Å². The van der Waals surface area contributed by atoms with Gasteiger partial charge in [0.15, 0.2) is 0 Å². The minimum absolute atomic E-state index is 0.0635. The highest BCUT2D eigenvalue weighted by atomic mass is 32.2. The van der Waals surface area contributed by atoms with Crippen LogP contribution in [0.1, 0.15) is 26.7 Å². The molecular formula is C8H18N2O3S. The molecule has 0 fully saturated rings. The second kappa shape index (κ2) is 6.78. The Hall–Kier alpha value is -0.620. The molecule has 0 aromatic rings. The lowest BCUT2D eigenvalue weighted by Gasteiger charge is -2.05. The zero-order chi connectivity index (χ0) is 11.0. The summed E-state index contributed by atoms with van der Waals surface area (Å²) in [5, 5.41) is 2.58. The molecule has 0 aliphatic heterocycles. The van der Waals surface area contributed by atoms with E-state index in [-0.39, 0.29) is 18.2 Å². The van der Waals surface area contributed by atoms with Crippen LogP contribution in [-0.2, 0) is 14.8 Å². The predicted molar refractivity (Wildman–Crippen MR) is 55.4 cm³/mol. The van der Waals surface area contributed by atoms with E-state index >= 15 is 0 Å². The lowest BCUT2D eigenvalue weighted by molar-refractivity contribution is -0.119. The van der Waals surface area contributed by atoms with Crippen LogP contribution in [0.5, 0.6) is 0 Å². The fourth-order valence-electron chi connectivity index (χ4n) is 0.843. The van der Waals surface area contributed by atoms with Crippen molar-refractivity contribution in [2.24, 2.45) is 0 Å². The molecule has 0 saturated heterocycles. The minimum Gasteiger partial charge on any atom is -0.355 e. The highest BCUT2D eigenvalue weighted by Crippen LogP contribution is 1.87. The Kier molecular flexibility index (Phi) is 6.48. The molecule has 0 aromatic carbocycles. The molecule has 0 heterocycles. The monoisotopic (exact) mass is 222 g/mol. The van der Waals surface area contributed by atoms with Gasteiger partial charge < -0.3 is 5.32 Å². The van der Waals surface area contributed by atoms with Gasteiger partial charge in [-0.25, -0.2) is 13.1 Å². The molecule has 0 aliphatic carbocycles. The summed E-state index contributed by atoms with van der Waals surface area (Å²) in [5.41, 5.74) is 0. The molecule has 0 rings (SSSR count). The van der Waals surface area contributed by atoms with E-state index < -0.39 is 10.0 Å². The van der Waals surface area contributed by atoms with Crippen LogP contribution in [0.3, 0.4) is 0 Å². The van der Waals surface area contributed by atoms with Crippen LogP contribution < -0.4 is 10.0 Å². The summed E-state index contributed by atoms with van der Waals surface area (Å²) in [6.07, 6.45) is 1.39. The molecule has 0 saturated carbocycles. The highest BCUT2D eigenvalue weighted by molar-refractivity contribution is 7.89. The van der Waals surface area contributed by atoms with E-state index in [0.29, 0.717) is 13.0 Å². The number of hydrogen-bond donors (Lipinski definition) is 2. The van der Waals surface area contributed by atoms with Crippen molar-refractivity contribution in [3.8, 4) is 0 Å². The van der Waals surface area contributed by atoms with E-state index in [1.54, 1.807) is 6.92 Å². The molecule has 0 radical (unpaired) electrons. The predicted octanol–water partition coefficient (Wildman–Crippen LogP) is -0.158. The number of rotatable bonds is 7. The first-order chi connectivity index (χ1) is 6.52. The van der Waals surface area contributed by atoms with Gasteiger partial charge in [0.1, 0.15) is 0 Å². The van der Waals surface area contributed by atoms with Crippen LogP contribution >= 0.6 is 0 Å². The standard InChI is InChI=1S/C8H18N2O3S/c1-3-5-9-8(11)7-10-14(12,13)6-4-2/h10H,3-7H2,1-2H3,(H,9,11). The Balaban J connectivity index is 3.76. The van der Waals surface area contributed by atoms with Crippen LogP contribution in [0.2, 0.25) is 0 Å². The average molecular weight is 222 g/mol. The summed E-state index contributed by atoms with van der Waals surface area (Å²) in [6, 6.07) is 0. The zero-order valence-electron chi connectivity index (χ0n) is 8.67. The van der Waals surface area contributed by atoms with Gasteiger partial charge in [0.2, 0.25) is 15.9 Å². The summed E-state index contributed by atoms with van der Waals surface area (Å²) >= 11 is 0. The second-order valence-electron chi connectivity index (χ2n) is 2.99. The van der Waals surface area contributed by atoms with Crippen molar-refractivity contribution in [3.63, 3.8) is 0 Å². The third-order valence-corrected chi connectivity index (χ3v) is 3.03. The Morgan fingerprint density at radius 1 is 1.21 bits per heavy atom. The van der Waals surface area contributed by atoms with Gasteiger partial charge >= 0.3 is 0 Å². The molecule has 2 N–H and O–H groups in total. The smallest absolute Gasteiger partial charge is 0.235 e. The van der Waals surface area contributed by atoms with Crippen LogP contribution in [-0.4, -0.2) is 33.2 Å². The van der Waals surface area contributed by atoms with Crippen LogP contribution in [0.25, 0.3) is 0 Å². The van der Waals surface area contributed by atoms with E-state index in [1.165, 1.54) is 0 Å². The van der Waals surface area contributed by atoms with E-state index in [9.17, 15) is 13.2 Å². The van der Waals surface area contributed by atoms with Crippen molar-refractivity contribution in [2.45, 2.75) is 26.7 Å². The number of hydrogen-bond acceptors (Lipinski definition) is 3. The Morgan fingerprint density at radius 3 is 2.36 bits per heavy atom. The van der Waals surface area contributed by atoms with Gasteiger partial charge in [-0.1, -0.05) is 13.8 Å². The number of carbonyl (C=O) groups is 1. The maximum absolute atomic E-state index is 11.1. The van der Waals surface area contributed by atoms with Gasteiger partial charge in [0.05, 0.1) is 12.3 Å². The first kappa shape index (κ1) is 13.4. The van der Waals surface area contributed by atoms with Crippen molar-refractivity contribution in [3.05, 3.63) is 0 Å². The molecule has 84 valence electrons. The molecule has 5 nitrogen and oxygen atoms in total. The van der Waals surface area contributed by atoms with Gasteiger partial charge in [0, 0.05) is 6.54 Å². The SMILES string of the molecule is CCCNC(=O)CNS(=O)(=O)CCC. The quantitative estimate of drug-likeness (QED) is 0.628. The third-order valence-electron chi connectivity index (χ3n) is 1.50. The van der Waals surface area contributed by atoms with Crippen molar-refractivity contribution in [1.82, 2.24) is 10.0 Å². The van der Waals surface area contributed by atoms with E-state index in [0.717, 1.165) is 6.42 Å². The second-order valence-corrected chi connectivity index (χ2v) is 4.92. The molecule has 6 heteroatoms. The zero-order valence-corrected chi connectivity index (χ0v) is 9.49. The van der Waals surface area contributed by atoms with Gasteiger partial charge in [0.25, 0.3) is 0 Å². The van der Waals surface area contributed by atoms with Crippen LogP contribution in [0.15, 0.2) is 0 Å². The number of sulfonamides is 1. The van der Waals surface area contributed by atoms with Crippen molar-refractivity contribution in [1.29, 1.82) is 0 Å². The topological polar surface area (TPSA) is 75.3 Å². The summed E-state index contributed by atoms with van der Waals surface area (Å²) in [6.45, 7) is 4.12. The van der Waals surface area contributed by atoms with E-state index in [2.05, 4.69) is 10.0 Å². The number of nitrogens with one attached hydrogen (secondary N) is 2. The number of carbonyl (C=O) groups excluding carboxylic acids is 1. The van der Waals surface area contributed by atoms with Crippen LogP contribution in [0.4, 0.5) is 0 Å². The summed E-state index contributed by atoms with van der Waals surface area (Å²) in [4.78, 5) is 11.0. The molecule has 0 spiro atoms. The fourth-order valence-corrected chi connectivity index (χ4v) is 1.88. The van der Waals surface area contributed by atoms with E-state index in [4.69, 9.17) is 0 Å². The molecule has 0 bridgehead atoms. The summed E-state index contributed by atoms with van der Waals surface area (Å²) in [5.74, 6) is -0.222. The molecule has 1 amide bonds. The van der Waals surface area contributed by atoms with Crippen molar-refractivity contribution >= 4 is 15.9 Å². The van der Waals surface area contributed by atoms with Gasteiger partial charge in [-0.15, -0.1) is 0 Å². The Bertz CT molecular complexity index is 262. The Labute approximate surface area is 85.3 Å². The maximum Gasteiger partial charge on any atom is 0.235 e. The molecule has 0 aromatic heterocycles. The first-order valence-electron chi connectivity index (χ1n) is 4.76. The van der Waals surface area contributed by atoms with Crippen LogP contribution in [0, 0.1) is 0 Å². The van der Waals surface area contributed by atoms with Gasteiger partial charge in [-0.2, -0.15) is 0 Å². The minimum atomic E-state index is -3.26. The summed E-state index contributed by atoms with van der Waals surface area (Å²) in [7, 11) is -3.26. The highest BCUT2D eigenvalue weighted by Gasteiger charge is 2.09. The lowest BCUT2D eigenvalue weighted by Crippen LogP contribution is -2.38. The molecular weight excluding hydrogens is 204 g/mol. The Morgan fingerprint density at radius 2 is 1.86 bits per heavy atom. The van der Waals surface area contributed by atoms with Crippen molar-refractivity contribution in [2.75, 3.05) is 18.8 Å². The van der Waals surface area contributed by atoms with Gasteiger partial charge in [-0.3, -0.25) is 4.79 Å². The third kappa shape index (κ3) is 6.85. The number of amides is 1. The average Bonchev–Trinajstić information content (AvgIpc) is 2.11. The van der Waals surface area contributed by atoms with E-state index in [1.807, 2.05) is 6.92 Å². The molecule has 0 unspecified atom stereocenters. The summed E-state index contributed by atoms with van der Waals surface area (Å²) < 4.78 is 24.5. The normalized spacial score (nSPS) is 11.3. The molecule has 14 heavy (non-hydrogen) atoms. The lowest BCUT2D eigenvalue weighted by atomic mass is 10.5.